The van der Waals surface area contributed by atoms with Gasteiger partial charge < -0.3 is 24.8 Å². The molecule has 7 heteroatoms. The summed E-state index contributed by atoms with van der Waals surface area (Å²) in [4.78, 5) is 26.0. The standard InChI is InChI=1S/C37H38O7/c1-35-14-13-27(40)17-26(35)11-12-28-29-18-32-37(31(42)21-39,36(29,2)19-30(41)33(28)35)44-34(43-32)25-8-4-6-23(16-25)10-9-22-5-3-7-24(15-22)20-38/h3-8,13-17,28-30,32-34,38-39,41H,11-12,18-21H2,1-2H3/t28-,29-,30-,32+,33+,34+,35-,36-,37+/m0/s1. The maximum atomic E-state index is 13.8. The first kappa shape index (κ1) is 29.3. The second-order valence-corrected chi connectivity index (χ2v) is 13.6. The largest absolute Gasteiger partial charge is 0.393 e. The Morgan fingerprint density at radius 2 is 1.82 bits per heavy atom. The van der Waals surface area contributed by atoms with E-state index in [9.17, 15) is 24.9 Å². The van der Waals surface area contributed by atoms with Gasteiger partial charge in [-0.05, 0) is 79.5 Å². The van der Waals surface area contributed by atoms with Crippen LogP contribution in [-0.2, 0) is 25.7 Å². The Hall–Kier alpha value is -3.38. The lowest BCUT2D eigenvalue weighted by Gasteiger charge is -2.59. The van der Waals surface area contributed by atoms with Gasteiger partial charge in [-0.3, -0.25) is 9.59 Å². The number of hydrogen-bond donors (Lipinski definition) is 3. The molecule has 0 aromatic heterocycles. The third-order valence-corrected chi connectivity index (χ3v) is 11.4. The van der Waals surface area contributed by atoms with Crippen LogP contribution in [0.25, 0.3) is 0 Å². The highest BCUT2D eigenvalue weighted by Crippen LogP contribution is 2.70. The van der Waals surface area contributed by atoms with E-state index >= 15 is 0 Å². The van der Waals surface area contributed by atoms with Gasteiger partial charge in [0, 0.05) is 33.4 Å². The molecule has 7 rings (SSSR count). The van der Waals surface area contributed by atoms with Gasteiger partial charge in [0.2, 0.25) is 0 Å². The quantitative estimate of drug-likeness (QED) is 0.455. The summed E-state index contributed by atoms with van der Waals surface area (Å²) in [5.74, 6) is 5.95. The lowest BCUT2D eigenvalue weighted by Crippen LogP contribution is -2.63. The van der Waals surface area contributed by atoms with Crippen molar-refractivity contribution < 1.29 is 34.4 Å². The zero-order valence-corrected chi connectivity index (χ0v) is 25.0. The second kappa shape index (κ2) is 10.6. The number of allylic oxidation sites excluding steroid dienone is 4. The Balaban J connectivity index is 1.20. The van der Waals surface area contributed by atoms with E-state index in [0.717, 1.165) is 40.7 Å². The van der Waals surface area contributed by atoms with Gasteiger partial charge in [0.05, 0.1) is 18.8 Å². The number of carbonyl (C=O) groups excluding carboxylic acids is 2. The van der Waals surface area contributed by atoms with Crippen LogP contribution in [0, 0.1) is 40.4 Å². The van der Waals surface area contributed by atoms with Crippen molar-refractivity contribution >= 4 is 11.6 Å². The molecule has 4 aliphatic carbocycles. The summed E-state index contributed by atoms with van der Waals surface area (Å²) < 4.78 is 13.3. The molecule has 4 fully saturated rings. The molecule has 1 saturated heterocycles. The second-order valence-electron chi connectivity index (χ2n) is 13.6. The van der Waals surface area contributed by atoms with Gasteiger partial charge in [-0.15, -0.1) is 0 Å². The van der Waals surface area contributed by atoms with Gasteiger partial charge in [-0.2, -0.15) is 0 Å². The minimum atomic E-state index is -1.40. The third-order valence-electron chi connectivity index (χ3n) is 11.4. The predicted molar refractivity (Wildman–Crippen MR) is 162 cm³/mol. The number of carbonyl (C=O) groups is 2. The Bertz CT molecular complexity index is 1650. The number of aliphatic hydroxyl groups is 3. The molecule has 0 amide bonds. The van der Waals surface area contributed by atoms with Crippen molar-refractivity contribution in [2.75, 3.05) is 6.61 Å². The normalized spacial score (nSPS) is 38.5. The number of aliphatic hydroxyl groups excluding tert-OH is 3. The Kier molecular flexibility index (Phi) is 7.08. The number of fused-ring (bicyclic) bond motifs is 7. The topological polar surface area (TPSA) is 113 Å². The molecule has 3 saturated carbocycles. The van der Waals surface area contributed by atoms with Crippen LogP contribution in [0.5, 0.6) is 0 Å². The van der Waals surface area contributed by atoms with Gasteiger partial charge in [0.15, 0.2) is 23.5 Å². The van der Waals surface area contributed by atoms with Gasteiger partial charge in [0.25, 0.3) is 0 Å². The minimum absolute atomic E-state index is 0.00671. The summed E-state index contributed by atoms with van der Waals surface area (Å²) in [5, 5.41) is 31.5. The predicted octanol–water partition coefficient (Wildman–Crippen LogP) is 4.18. The first-order chi connectivity index (χ1) is 21.1. The number of benzene rings is 2. The van der Waals surface area contributed by atoms with Crippen molar-refractivity contribution in [1.29, 1.82) is 0 Å². The number of ether oxygens (including phenoxy) is 2. The fourth-order valence-electron chi connectivity index (χ4n) is 9.49. The summed E-state index contributed by atoms with van der Waals surface area (Å²) >= 11 is 0. The van der Waals surface area contributed by atoms with E-state index in [0.29, 0.717) is 12.8 Å². The lowest BCUT2D eigenvalue weighted by atomic mass is 9.46. The zero-order valence-electron chi connectivity index (χ0n) is 25.0. The SMILES string of the molecule is C[C@]12C=CC(=O)C=C1CC[C@@H]1[C@@H]2[C@@H](O)C[C@@]2(C)[C@H]1C[C@H]1O[C@@H](c3cccc(C#Cc4cccc(CO)c4)c3)O[C@]12C(=O)CO. The Morgan fingerprint density at radius 3 is 2.57 bits per heavy atom. The summed E-state index contributed by atoms with van der Waals surface area (Å²) in [6.45, 7) is 3.43. The van der Waals surface area contributed by atoms with Crippen molar-refractivity contribution in [3.63, 3.8) is 0 Å². The Morgan fingerprint density at radius 1 is 1.07 bits per heavy atom. The zero-order chi connectivity index (χ0) is 30.9. The fraction of sp³-hybridized carbons (Fsp3) is 0.459. The van der Waals surface area contributed by atoms with Gasteiger partial charge in [-0.25, -0.2) is 0 Å². The number of ketones is 2. The molecular weight excluding hydrogens is 556 g/mol. The van der Waals surface area contributed by atoms with Crippen molar-refractivity contribution in [2.24, 2.45) is 28.6 Å². The van der Waals surface area contributed by atoms with E-state index in [1.54, 1.807) is 12.2 Å². The first-order valence-corrected chi connectivity index (χ1v) is 15.5. The molecule has 1 heterocycles. The lowest BCUT2D eigenvalue weighted by molar-refractivity contribution is -0.201. The molecule has 9 atom stereocenters. The molecule has 0 spiro atoms. The van der Waals surface area contributed by atoms with Crippen molar-refractivity contribution in [3.8, 4) is 11.8 Å². The van der Waals surface area contributed by atoms with Gasteiger partial charge in [0.1, 0.15) is 6.61 Å². The molecule has 0 unspecified atom stereocenters. The molecule has 0 bridgehead atoms. The van der Waals surface area contributed by atoms with Crippen LogP contribution in [0.1, 0.15) is 68.1 Å². The summed E-state index contributed by atoms with van der Waals surface area (Å²) in [6.07, 6.45) is 5.71. The monoisotopic (exact) mass is 594 g/mol. The highest BCUT2D eigenvalue weighted by atomic mass is 16.7. The van der Waals surface area contributed by atoms with Crippen molar-refractivity contribution in [1.82, 2.24) is 0 Å². The smallest absolute Gasteiger partial charge is 0.193 e. The van der Waals surface area contributed by atoms with Crippen LogP contribution in [0.15, 0.2) is 72.3 Å². The van der Waals surface area contributed by atoms with E-state index in [-0.39, 0.29) is 30.1 Å². The van der Waals surface area contributed by atoms with Crippen LogP contribution in [0.4, 0.5) is 0 Å². The molecule has 3 N–H and O–H groups in total. The molecule has 44 heavy (non-hydrogen) atoms. The number of Topliss-reactive ketones (excluding diaryl/α,β-unsaturated/α-hetero) is 1. The fourth-order valence-corrected chi connectivity index (χ4v) is 9.49. The van der Waals surface area contributed by atoms with Crippen LogP contribution in [0.3, 0.4) is 0 Å². The molecule has 228 valence electrons. The van der Waals surface area contributed by atoms with E-state index in [4.69, 9.17) is 9.47 Å². The first-order valence-electron chi connectivity index (χ1n) is 15.5. The number of rotatable bonds is 4. The summed E-state index contributed by atoms with van der Waals surface area (Å²) in [7, 11) is 0. The van der Waals surface area contributed by atoms with E-state index < -0.39 is 47.3 Å². The number of hydrogen-bond acceptors (Lipinski definition) is 7. The summed E-state index contributed by atoms with van der Waals surface area (Å²) in [6, 6.07) is 15.0. The maximum absolute atomic E-state index is 13.8. The van der Waals surface area contributed by atoms with E-state index in [1.807, 2.05) is 61.5 Å². The maximum Gasteiger partial charge on any atom is 0.193 e. The van der Waals surface area contributed by atoms with Gasteiger partial charge in [-0.1, -0.05) is 61.6 Å². The van der Waals surface area contributed by atoms with Crippen LogP contribution >= 0.6 is 0 Å². The van der Waals surface area contributed by atoms with Gasteiger partial charge >= 0.3 is 0 Å². The average molecular weight is 595 g/mol. The molecule has 5 aliphatic rings. The van der Waals surface area contributed by atoms with E-state index in [2.05, 4.69) is 18.8 Å². The highest BCUT2D eigenvalue weighted by Gasteiger charge is 2.75. The van der Waals surface area contributed by atoms with Crippen LogP contribution < -0.4 is 0 Å². The summed E-state index contributed by atoms with van der Waals surface area (Å²) in [5.41, 5.74) is 1.56. The molecule has 2 aromatic carbocycles. The third kappa shape index (κ3) is 4.23. The van der Waals surface area contributed by atoms with Crippen LogP contribution in [0.2, 0.25) is 0 Å². The molecule has 0 radical (unpaired) electrons. The van der Waals surface area contributed by atoms with Crippen molar-refractivity contribution in [3.05, 3.63) is 94.6 Å². The minimum Gasteiger partial charge on any atom is -0.393 e. The Labute approximate surface area is 257 Å². The van der Waals surface area contributed by atoms with Crippen LogP contribution in [-0.4, -0.2) is 51.3 Å². The molecule has 2 aromatic rings. The average Bonchev–Trinajstić information content (AvgIpc) is 3.53. The molecule has 7 nitrogen and oxygen atoms in total. The molecule has 1 aliphatic heterocycles. The van der Waals surface area contributed by atoms with E-state index in [1.165, 1.54) is 0 Å². The van der Waals surface area contributed by atoms with Crippen molar-refractivity contribution in [2.45, 2.75) is 70.2 Å². The highest BCUT2D eigenvalue weighted by molar-refractivity contribution is 6.01. The molecular formula is C37H38O7.